The van der Waals surface area contributed by atoms with Crippen LogP contribution in [0.15, 0.2) is 30.7 Å². The van der Waals surface area contributed by atoms with Crippen LogP contribution in [0.2, 0.25) is 0 Å². The third kappa shape index (κ3) is 3.60. The summed E-state index contributed by atoms with van der Waals surface area (Å²) in [6.45, 7) is 5.71. The predicted molar refractivity (Wildman–Crippen MR) is 89.1 cm³/mol. The van der Waals surface area contributed by atoms with Crippen LogP contribution in [0.5, 0.6) is 0 Å². The molecule has 5 nitrogen and oxygen atoms in total. The van der Waals surface area contributed by atoms with Gasteiger partial charge in [-0.05, 0) is 31.4 Å². The first-order valence-electron chi connectivity index (χ1n) is 8.38. The molecule has 23 heavy (non-hydrogen) atoms. The van der Waals surface area contributed by atoms with E-state index in [0.717, 1.165) is 49.4 Å². The van der Waals surface area contributed by atoms with Crippen molar-refractivity contribution in [2.24, 2.45) is 0 Å². The molecule has 1 saturated heterocycles. The number of amides is 1. The van der Waals surface area contributed by atoms with Gasteiger partial charge >= 0.3 is 0 Å². The van der Waals surface area contributed by atoms with Crippen molar-refractivity contribution in [2.45, 2.75) is 45.6 Å². The maximum absolute atomic E-state index is 12.6. The molecule has 0 unspecified atom stereocenters. The number of hydrogen-bond acceptors (Lipinski definition) is 3. The Bertz CT molecular complexity index is 662. The second-order valence-electron chi connectivity index (χ2n) is 6.22. The van der Waals surface area contributed by atoms with Crippen LogP contribution in [-0.2, 0) is 17.6 Å². The number of piperidine rings is 1. The van der Waals surface area contributed by atoms with Gasteiger partial charge < -0.3 is 9.47 Å². The minimum Gasteiger partial charge on any atom is -0.340 e. The highest BCUT2D eigenvalue weighted by molar-refractivity contribution is 5.78. The minimum absolute atomic E-state index is 0.193. The van der Waals surface area contributed by atoms with Gasteiger partial charge in [0.2, 0.25) is 5.91 Å². The smallest absolute Gasteiger partial charge is 0.227 e. The normalized spacial score (nSPS) is 18.2. The summed E-state index contributed by atoms with van der Waals surface area (Å²) in [5.74, 6) is 1.30. The number of rotatable bonds is 4. The van der Waals surface area contributed by atoms with Gasteiger partial charge in [-0.15, -0.1) is 0 Å². The summed E-state index contributed by atoms with van der Waals surface area (Å²) in [7, 11) is 0. The molecule has 0 aromatic carbocycles. The lowest BCUT2D eigenvalue weighted by atomic mass is 10.0. The van der Waals surface area contributed by atoms with E-state index in [0.29, 0.717) is 12.5 Å². The first-order chi connectivity index (χ1) is 11.2. The molecular weight excluding hydrogens is 288 g/mol. The minimum atomic E-state index is 0.193. The number of likely N-dealkylation sites (tertiary alicyclic amines) is 1. The Morgan fingerprint density at radius 2 is 2.22 bits per heavy atom. The van der Waals surface area contributed by atoms with E-state index in [4.69, 9.17) is 0 Å². The number of pyridine rings is 1. The van der Waals surface area contributed by atoms with Gasteiger partial charge in [0.1, 0.15) is 5.82 Å². The molecule has 1 amide bonds. The summed E-state index contributed by atoms with van der Waals surface area (Å²) in [6.07, 6.45) is 9.22. The maximum atomic E-state index is 12.6. The van der Waals surface area contributed by atoms with Crippen LogP contribution in [0.4, 0.5) is 0 Å². The first-order valence-corrected chi connectivity index (χ1v) is 8.38. The number of carbonyl (C=O) groups excluding carboxylic acids is 1. The van der Waals surface area contributed by atoms with Crippen LogP contribution in [0.3, 0.4) is 0 Å². The van der Waals surface area contributed by atoms with Crippen LogP contribution >= 0.6 is 0 Å². The number of nitrogens with zero attached hydrogens (tertiary/aromatic N) is 4. The molecule has 1 aliphatic heterocycles. The van der Waals surface area contributed by atoms with Gasteiger partial charge in [-0.3, -0.25) is 9.78 Å². The van der Waals surface area contributed by atoms with E-state index < -0.39 is 0 Å². The van der Waals surface area contributed by atoms with Crippen molar-refractivity contribution in [3.05, 3.63) is 47.8 Å². The molecule has 0 radical (unpaired) electrons. The zero-order valence-corrected chi connectivity index (χ0v) is 13.9. The molecule has 1 fully saturated rings. The van der Waals surface area contributed by atoms with Gasteiger partial charge in [0.25, 0.3) is 0 Å². The largest absolute Gasteiger partial charge is 0.340 e. The number of carbonyl (C=O) groups is 1. The first kappa shape index (κ1) is 15.7. The predicted octanol–water partition coefficient (Wildman–Crippen LogP) is 2.56. The van der Waals surface area contributed by atoms with Crippen molar-refractivity contribution >= 4 is 5.91 Å². The van der Waals surface area contributed by atoms with Crippen molar-refractivity contribution in [2.75, 3.05) is 13.1 Å². The highest BCUT2D eigenvalue weighted by Gasteiger charge is 2.25. The Kier molecular flexibility index (Phi) is 4.74. The molecule has 0 saturated carbocycles. The van der Waals surface area contributed by atoms with Gasteiger partial charge in [0.05, 0.1) is 12.5 Å². The van der Waals surface area contributed by atoms with E-state index >= 15 is 0 Å². The molecule has 3 heterocycles. The highest BCUT2D eigenvalue weighted by Crippen LogP contribution is 2.23. The Morgan fingerprint density at radius 1 is 1.35 bits per heavy atom. The molecule has 0 N–H and O–H groups in total. The van der Waals surface area contributed by atoms with E-state index in [1.54, 1.807) is 6.20 Å². The molecule has 0 spiro atoms. The molecule has 0 aliphatic carbocycles. The molecular formula is C18H24N4O. The quantitative estimate of drug-likeness (QED) is 0.872. The van der Waals surface area contributed by atoms with Crippen molar-refractivity contribution in [3.63, 3.8) is 0 Å². The number of aromatic nitrogens is 3. The Balaban J connectivity index is 1.66. The van der Waals surface area contributed by atoms with Crippen LogP contribution in [-0.4, -0.2) is 38.4 Å². The summed E-state index contributed by atoms with van der Waals surface area (Å²) in [6, 6.07) is 4.30. The highest BCUT2D eigenvalue weighted by atomic mass is 16.2. The molecule has 1 aliphatic rings. The summed E-state index contributed by atoms with van der Waals surface area (Å²) < 4.78 is 2.24. The van der Waals surface area contributed by atoms with E-state index in [-0.39, 0.29) is 5.91 Å². The van der Waals surface area contributed by atoms with Gasteiger partial charge in [-0.2, -0.15) is 0 Å². The lowest BCUT2D eigenvalue weighted by molar-refractivity contribution is -0.132. The van der Waals surface area contributed by atoms with Crippen LogP contribution < -0.4 is 0 Å². The fraction of sp³-hybridized carbons (Fsp3) is 0.500. The summed E-state index contributed by atoms with van der Waals surface area (Å²) in [5, 5.41) is 0. The molecule has 1 atom stereocenters. The number of hydrogen-bond donors (Lipinski definition) is 0. The van der Waals surface area contributed by atoms with Crippen molar-refractivity contribution in [3.8, 4) is 0 Å². The SMILES string of the molecule is CCc1nccn1[C@H]1CCCN(C(=O)Cc2ccc(C)nc2)C1. The third-order valence-electron chi connectivity index (χ3n) is 4.54. The lowest BCUT2D eigenvalue weighted by Gasteiger charge is -2.34. The number of imidazole rings is 1. The third-order valence-corrected chi connectivity index (χ3v) is 4.54. The van der Waals surface area contributed by atoms with E-state index in [1.807, 2.05) is 36.4 Å². The Morgan fingerprint density at radius 3 is 2.96 bits per heavy atom. The average Bonchev–Trinajstić information content (AvgIpc) is 3.06. The van der Waals surface area contributed by atoms with Gasteiger partial charge in [0, 0.05) is 43.8 Å². The summed E-state index contributed by atoms with van der Waals surface area (Å²) >= 11 is 0. The van der Waals surface area contributed by atoms with Gasteiger partial charge in [0.15, 0.2) is 0 Å². The molecule has 5 heteroatoms. The molecule has 3 rings (SSSR count). The standard InChI is InChI=1S/C18H24N4O/c1-3-17-19-8-10-22(17)16-5-4-9-21(13-16)18(23)11-15-7-6-14(2)20-12-15/h6-8,10,12,16H,3-5,9,11,13H2,1-2H3/t16-/m0/s1. The fourth-order valence-corrected chi connectivity index (χ4v) is 3.25. The summed E-state index contributed by atoms with van der Waals surface area (Å²) in [5.41, 5.74) is 1.96. The van der Waals surface area contributed by atoms with E-state index in [9.17, 15) is 4.79 Å². The van der Waals surface area contributed by atoms with Gasteiger partial charge in [-0.25, -0.2) is 4.98 Å². The van der Waals surface area contributed by atoms with Crippen LogP contribution in [0.25, 0.3) is 0 Å². The van der Waals surface area contributed by atoms with Gasteiger partial charge in [-0.1, -0.05) is 13.0 Å². The zero-order valence-electron chi connectivity index (χ0n) is 13.9. The fourth-order valence-electron chi connectivity index (χ4n) is 3.25. The van der Waals surface area contributed by atoms with Crippen LogP contribution in [0.1, 0.15) is 42.9 Å². The van der Waals surface area contributed by atoms with Crippen molar-refractivity contribution in [1.29, 1.82) is 0 Å². The monoisotopic (exact) mass is 312 g/mol. The molecule has 0 bridgehead atoms. The zero-order chi connectivity index (χ0) is 16.2. The van der Waals surface area contributed by atoms with Crippen molar-refractivity contribution < 1.29 is 4.79 Å². The lowest BCUT2D eigenvalue weighted by Crippen LogP contribution is -2.41. The second kappa shape index (κ2) is 6.94. The van der Waals surface area contributed by atoms with E-state index in [1.165, 1.54) is 0 Å². The Labute approximate surface area is 137 Å². The average molecular weight is 312 g/mol. The second-order valence-corrected chi connectivity index (χ2v) is 6.22. The summed E-state index contributed by atoms with van der Waals surface area (Å²) in [4.78, 5) is 23.3. The van der Waals surface area contributed by atoms with E-state index in [2.05, 4.69) is 21.5 Å². The molecule has 2 aromatic rings. The van der Waals surface area contributed by atoms with Crippen molar-refractivity contribution in [1.82, 2.24) is 19.4 Å². The molecule has 122 valence electrons. The topological polar surface area (TPSA) is 51.0 Å². The van der Waals surface area contributed by atoms with Crippen LogP contribution in [0, 0.1) is 6.92 Å². The Hall–Kier alpha value is -2.17. The number of aryl methyl sites for hydroxylation is 2. The maximum Gasteiger partial charge on any atom is 0.227 e. The molecule has 2 aromatic heterocycles.